The second-order valence-corrected chi connectivity index (χ2v) is 13.5. The number of rotatable bonds is 13. The van der Waals surface area contributed by atoms with Gasteiger partial charge in [-0.1, -0.05) is 78.4 Å². The Hall–Kier alpha value is -3.84. The van der Waals surface area contributed by atoms with Gasteiger partial charge < -0.3 is 19.1 Å². The molecule has 5 rings (SSSR count). The molecule has 1 saturated heterocycles. The predicted molar refractivity (Wildman–Crippen MR) is 176 cm³/mol. The largest absolute Gasteiger partial charge is 0.496 e. The number of unbranched alkanes of at least 4 members (excludes halogenated alkanes) is 1. The molecule has 7 nitrogen and oxygen atoms in total. The number of nitrogens with zero attached hydrogens (tertiary/aromatic N) is 2. The fraction of sp³-hybridized carbons (Fsp3) is 0.474. The van der Waals surface area contributed by atoms with Crippen LogP contribution in [0.3, 0.4) is 0 Å². The number of hydrogen-bond donors (Lipinski definition) is 0. The number of amides is 1. The molecule has 45 heavy (non-hydrogen) atoms. The van der Waals surface area contributed by atoms with E-state index in [1.54, 1.807) is 7.11 Å². The predicted octanol–water partition coefficient (Wildman–Crippen LogP) is 7.22. The summed E-state index contributed by atoms with van der Waals surface area (Å²) >= 11 is 0. The van der Waals surface area contributed by atoms with E-state index in [2.05, 4.69) is 35.2 Å². The van der Waals surface area contributed by atoms with Crippen LogP contribution in [0.2, 0.25) is 0 Å². The average Bonchev–Trinajstić information content (AvgIpc) is 3.49. The summed E-state index contributed by atoms with van der Waals surface area (Å²) in [5.41, 5.74) is 3.90. The van der Waals surface area contributed by atoms with E-state index in [0.29, 0.717) is 31.4 Å². The van der Waals surface area contributed by atoms with Crippen LogP contribution in [0.1, 0.15) is 68.2 Å². The molecule has 0 N–H and O–H groups in total. The standard InChI is InChI=1S/C38H48N2O5/c1-27-18-19-34(43-5)31(22-27)30(29-16-10-7-11-17-29)23-35(41)44-21-13-12-20-40(37(42)45-38(2,3)4)36-32-25-39(26-33(32)36)24-28-14-8-6-9-15-28/h6-11,14-19,22,30,32-33,36H,12-13,20-21,23-26H2,1-5H3/t30?,32-,33+,36?. The average molecular weight is 613 g/mol. The van der Waals surface area contributed by atoms with Gasteiger partial charge in [0, 0.05) is 43.7 Å². The molecule has 1 heterocycles. The minimum Gasteiger partial charge on any atom is -0.496 e. The van der Waals surface area contributed by atoms with Crippen LogP contribution in [0.5, 0.6) is 5.75 Å². The summed E-state index contributed by atoms with van der Waals surface area (Å²) in [5, 5.41) is 0. The van der Waals surface area contributed by atoms with Crippen molar-refractivity contribution >= 4 is 12.1 Å². The van der Waals surface area contributed by atoms with Gasteiger partial charge in [-0.3, -0.25) is 9.69 Å². The molecule has 7 heteroatoms. The van der Waals surface area contributed by atoms with Crippen LogP contribution in [-0.4, -0.2) is 66.9 Å². The van der Waals surface area contributed by atoms with Gasteiger partial charge in [-0.2, -0.15) is 0 Å². The van der Waals surface area contributed by atoms with Crippen molar-refractivity contribution in [2.75, 3.05) is 33.4 Å². The van der Waals surface area contributed by atoms with E-state index < -0.39 is 5.60 Å². The molecule has 3 aromatic rings. The molecule has 1 aliphatic heterocycles. The van der Waals surface area contributed by atoms with E-state index in [9.17, 15) is 9.59 Å². The van der Waals surface area contributed by atoms with Crippen LogP contribution in [0.15, 0.2) is 78.9 Å². The zero-order valence-electron chi connectivity index (χ0n) is 27.4. The van der Waals surface area contributed by atoms with Gasteiger partial charge in [-0.15, -0.1) is 0 Å². The quantitative estimate of drug-likeness (QED) is 0.150. The molecule has 2 fully saturated rings. The van der Waals surface area contributed by atoms with Crippen LogP contribution in [0.25, 0.3) is 0 Å². The first-order valence-electron chi connectivity index (χ1n) is 16.2. The summed E-state index contributed by atoms with van der Waals surface area (Å²) in [6.07, 6.45) is 1.39. The van der Waals surface area contributed by atoms with Crippen molar-refractivity contribution < 1.29 is 23.8 Å². The maximum absolute atomic E-state index is 13.3. The Morgan fingerprint density at radius 2 is 1.60 bits per heavy atom. The number of carbonyl (C=O) groups excluding carboxylic acids is 2. The number of benzene rings is 3. The first kappa shape index (κ1) is 32.6. The molecule has 0 radical (unpaired) electrons. The Bertz CT molecular complexity index is 1410. The number of likely N-dealkylation sites (tertiary alicyclic amines) is 1. The monoisotopic (exact) mass is 612 g/mol. The zero-order chi connectivity index (χ0) is 32.0. The van der Waals surface area contributed by atoms with Crippen LogP contribution >= 0.6 is 0 Å². The Kier molecular flexibility index (Phi) is 10.5. The molecule has 0 aromatic heterocycles. The number of ether oxygens (including phenoxy) is 3. The molecule has 1 amide bonds. The van der Waals surface area contributed by atoms with Gasteiger partial charge >= 0.3 is 12.1 Å². The lowest BCUT2D eigenvalue weighted by molar-refractivity contribution is -0.144. The Balaban J connectivity index is 1.13. The highest BCUT2D eigenvalue weighted by atomic mass is 16.6. The summed E-state index contributed by atoms with van der Waals surface area (Å²) in [4.78, 5) is 30.8. The van der Waals surface area contributed by atoms with Gasteiger partial charge in [0.1, 0.15) is 11.4 Å². The molecule has 240 valence electrons. The topological polar surface area (TPSA) is 68.3 Å². The number of carbonyl (C=O) groups is 2. The lowest BCUT2D eigenvalue weighted by Gasteiger charge is -2.30. The van der Waals surface area contributed by atoms with Gasteiger partial charge in [0.2, 0.25) is 0 Å². The van der Waals surface area contributed by atoms with Crippen molar-refractivity contribution in [1.29, 1.82) is 0 Å². The molecule has 3 aromatic carbocycles. The molecular formula is C38H48N2O5. The fourth-order valence-electron chi connectivity index (χ4n) is 6.71. The highest BCUT2D eigenvalue weighted by molar-refractivity contribution is 5.72. The molecule has 1 aliphatic carbocycles. The Morgan fingerprint density at radius 3 is 2.24 bits per heavy atom. The van der Waals surface area contributed by atoms with Crippen molar-refractivity contribution in [1.82, 2.24) is 9.80 Å². The van der Waals surface area contributed by atoms with E-state index in [4.69, 9.17) is 14.2 Å². The molecule has 2 aliphatic rings. The SMILES string of the molecule is COc1ccc(C)cc1C(CC(=O)OCCCCN(C(=O)OC(C)(C)C)C1[C@H]2CN(Cc3ccccc3)C[C@@H]12)c1ccccc1. The zero-order valence-corrected chi connectivity index (χ0v) is 27.4. The number of piperidine rings is 1. The first-order valence-corrected chi connectivity index (χ1v) is 16.2. The van der Waals surface area contributed by atoms with E-state index in [1.807, 2.05) is 81.1 Å². The third kappa shape index (κ3) is 8.66. The lowest BCUT2D eigenvalue weighted by atomic mass is 9.87. The van der Waals surface area contributed by atoms with Crippen LogP contribution in [-0.2, 0) is 20.8 Å². The summed E-state index contributed by atoms with van der Waals surface area (Å²) in [6, 6.07) is 26.8. The highest BCUT2D eigenvalue weighted by Gasteiger charge is 2.59. The van der Waals surface area contributed by atoms with Gasteiger partial charge in [-0.25, -0.2) is 4.79 Å². The highest BCUT2D eigenvalue weighted by Crippen LogP contribution is 2.49. The number of aryl methyl sites for hydroxylation is 1. The number of hydrogen-bond acceptors (Lipinski definition) is 6. The van der Waals surface area contributed by atoms with E-state index in [1.165, 1.54) is 5.56 Å². The smallest absolute Gasteiger partial charge is 0.410 e. The summed E-state index contributed by atoms with van der Waals surface area (Å²) in [7, 11) is 1.66. The second-order valence-electron chi connectivity index (χ2n) is 13.5. The summed E-state index contributed by atoms with van der Waals surface area (Å²) < 4.78 is 17.2. The molecule has 1 saturated carbocycles. The lowest BCUT2D eigenvalue weighted by Crippen LogP contribution is -2.42. The van der Waals surface area contributed by atoms with E-state index in [0.717, 1.165) is 48.5 Å². The number of methoxy groups -OCH3 is 1. The summed E-state index contributed by atoms with van der Waals surface area (Å²) in [5.74, 6) is 1.30. The summed E-state index contributed by atoms with van der Waals surface area (Å²) in [6.45, 7) is 11.6. The Labute approximate surface area is 268 Å². The van der Waals surface area contributed by atoms with Gasteiger partial charge in [-0.05, 0) is 69.6 Å². The minimum absolute atomic E-state index is 0.174. The van der Waals surface area contributed by atoms with E-state index in [-0.39, 0.29) is 30.4 Å². The van der Waals surface area contributed by atoms with Crippen molar-refractivity contribution in [3.05, 3.63) is 101 Å². The molecule has 0 bridgehead atoms. The van der Waals surface area contributed by atoms with Crippen LogP contribution < -0.4 is 4.74 Å². The normalized spacial score (nSPS) is 19.8. The Morgan fingerprint density at radius 1 is 0.933 bits per heavy atom. The van der Waals surface area contributed by atoms with E-state index >= 15 is 0 Å². The third-order valence-corrected chi connectivity index (χ3v) is 8.85. The molecular weight excluding hydrogens is 564 g/mol. The fourth-order valence-corrected chi connectivity index (χ4v) is 6.71. The number of fused-ring (bicyclic) bond motifs is 1. The van der Waals surface area contributed by atoms with Crippen molar-refractivity contribution in [3.8, 4) is 5.75 Å². The maximum Gasteiger partial charge on any atom is 0.410 e. The van der Waals surface area contributed by atoms with Gasteiger partial charge in [0.15, 0.2) is 0 Å². The van der Waals surface area contributed by atoms with Crippen LogP contribution in [0.4, 0.5) is 4.79 Å². The van der Waals surface area contributed by atoms with Crippen LogP contribution in [0, 0.1) is 18.8 Å². The molecule has 4 atom stereocenters. The van der Waals surface area contributed by atoms with Crippen molar-refractivity contribution in [3.63, 3.8) is 0 Å². The van der Waals surface area contributed by atoms with Gasteiger partial charge in [0.05, 0.1) is 20.1 Å². The number of esters is 1. The minimum atomic E-state index is -0.552. The maximum atomic E-state index is 13.3. The third-order valence-electron chi connectivity index (χ3n) is 8.85. The van der Waals surface area contributed by atoms with Gasteiger partial charge in [0.25, 0.3) is 0 Å². The van der Waals surface area contributed by atoms with Crippen molar-refractivity contribution in [2.24, 2.45) is 11.8 Å². The second kappa shape index (κ2) is 14.5. The molecule has 2 unspecified atom stereocenters. The van der Waals surface area contributed by atoms with Crippen molar-refractivity contribution in [2.45, 2.75) is 71.1 Å². The first-order chi connectivity index (χ1) is 21.6. The molecule has 0 spiro atoms.